The van der Waals surface area contributed by atoms with Gasteiger partial charge in [0.1, 0.15) is 0 Å². The average Bonchev–Trinajstić information content (AvgIpc) is 3.37. The Labute approximate surface area is 138 Å². The fourth-order valence-electron chi connectivity index (χ4n) is 3.39. The summed E-state index contributed by atoms with van der Waals surface area (Å²) >= 11 is 0. The highest BCUT2D eigenvalue weighted by Crippen LogP contribution is 2.40. The maximum absolute atomic E-state index is 12.7. The summed E-state index contributed by atoms with van der Waals surface area (Å²) in [6, 6.07) is 2.46. The first-order valence-electron chi connectivity index (χ1n) is 8.88. The van der Waals surface area contributed by atoms with E-state index in [-0.39, 0.29) is 17.9 Å². The van der Waals surface area contributed by atoms with Crippen molar-refractivity contribution in [3.05, 3.63) is 23.8 Å². The van der Waals surface area contributed by atoms with Gasteiger partial charge in [-0.05, 0) is 71.5 Å². The van der Waals surface area contributed by atoms with Gasteiger partial charge in [-0.15, -0.1) is 0 Å². The molecule has 1 saturated heterocycles. The largest absolute Gasteiger partial charge is 0.346 e. The van der Waals surface area contributed by atoms with Crippen LogP contribution in [0.1, 0.15) is 57.1 Å². The maximum Gasteiger partial charge on any atom is 0.223 e. The van der Waals surface area contributed by atoms with E-state index in [1.807, 2.05) is 13.0 Å². The number of nitrogens with one attached hydrogen (secondary N) is 1. The van der Waals surface area contributed by atoms with E-state index in [1.54, 1.807) is 6.20 Å². The van der Waals surface area contributed by atoms with Crippen LogP contribution < -0.4 is 5.32 Å². The van der Waals surface area contributed by atoms with Crippen molar-refractivity contribution < 1.29 is 4.79 Å². The lowest BCUT2D eigenvalue weighted by atomic mass is 9.94. The van der Waals surface area contributed by atoms with Crippen LogP contribution in [0.4, 0.5) is 0 Å². The Balaban J connectivity index is 1.61. The smallest absolute Gasteiger partial charge is 0.223 e. The minimum Gasteiger partial charge on any atom is -0.346 e. The number of aryl methyl sites for hydroxylation is 1. The lowest BCUT2D eigenvalue weighted by Crippen LogP contribution is -2.44. The van der Waals surface area contributed by atoms with Crippen LogP contribution >= 0.6 is 0 Å². The summed E-state index contributed by atoms with van der Waals surface area (Å²) in [6.45, 7) is 8.45. The van der Waals surface area contributed by atoms with Crippen LogP contribution in [0.2, 0.25) is 0 Å². The summed E-state index contributed by atoms with van der Waals surface area (Å²) in [4.78, 5) is 24.1. The summed E-state index contributed by atoms with van der Waals surface area (Å²) in [5.74, 6) is 1.61. The minimum atomic E-state index is -0.00877. The number of rotatable bonds is 5. The molecule has 1 unspecified atom stereocenters. The molecule has 0 radical (unpaired) electrons. The molecule has 1 amide bonds. The molecule has 5 heteroatoms. The van der Waals surface area contributed by atoms with Crippen LogP contribution in [-0.2, 0) is 4.79 Å². The van der Waals surface area contributed by atoms with Crippen molar-refractivity contribution in [3.63, 3.8) is 0 Å². The monoisotopic (exact) mass is 316 g/mol. The van der Waals surface area contributed by atoms with Gasteiger partial charge in [0.2, 0.25) is 5.91 Å². The zero-order valence-electron chi connectivity index (χ0n) is 14.5. The number of aromatic nitrogens is 2. The van der Waals surface area contributed by atoms with Gasteiger partial charge in [-0.1, -0.05) is 0 Å². The second kappa shape index (κ2) is 6.95. The highest BCUT2D eigenvalue weighted by Gasteiger charge is 2.37. The fraction of sp³-hybridized carbons (Fsp3) is 0.722. The van der Waals surface area contributed by atoms with Crippen LogP contribution in [0.3, 0.4) is 0 Å². The van der Waals surface area contributed by atoms with Crippen LogP contribution in [0.5, 0.6) is 0 Å². The molecule has 126 valence electrons. The second-order valence-corrected chi connectivity index (χ2v) is 7.28. The van der Waals surface area contributed by atoms with Crippen molar-refractivity contribution in [2.24, 2.45) is 11.8 Å². The van der Waals surface area contributed by atoms with Gasteiger partial charge in [-0.25, -0.2) is 9.97 Å². The SMILES string of the molecule is Cc1ccnc(C(NC(=O)C2CCN(C(C)C)CC2)C2CC2)n1. The highest BCUT2D eigenvalue weighted by molar-refractivity contribution is 5.79. The van der Waals surface area contributed by atoms with Gasteiger partial charge in [0.05, 0.1) is 6.04 Å². The Morgan fingerprint density at radius 3 is 2.52 bits per heavy atom. The Morgan fingerprint density at radius 1 is 1.26 bits per heavy atom. The second-order valence-electron chi connectivity index (χ2n) is 7.28. The number of carbonyl (C=O) groups is 1. The van der Waals surface area contributed by atoms with E-state index < -0.39 is 0 Å². The molecule has 2 fully saturated rings. The molecule has 1 aromatic heterocycles. The number of nitrogens with zero attached hydrogens (tertiary/aromatic N) is 3. The third kappa shape index (κ3) is 4.08. The molecule has 2 aliphatic rings. The van der Waals surface area contributed by atoms with Crippen LogP contribution in [-0.4, -0.2) is 39.9 Å². The molecule has 1 atom stereocenters. The maximum atomic E-state index is 12.7. The Morgan fingerprint density at radius 2 is 1.96 bits per heavy atom. The number of carbonyl (C=O) groups excluding carboxylic acids is 1. The molecule has 0 spiro atoms. The third-order valence-electron chi connectivity index (χ3n) is 5.11. The van der Waals surface area contributed by atoms with Gasteiger partial charge in [-0.3, -0.25) is 4.79 Å². The molecular formula is C18H28N4O. The molecule has 0 aromatic carbocycles. The van der Waals surface area contributed by atoms with Crippen LogP contribution in [0.15, 0.2) is 12.3 Å². The molecule has 23 heavy (non-hydrogen) atoms. The van der Waals surface area contributed by atoms with Crippen molar-refractivity contribution in [1.29, 1.82) is 0 Å². The van der Waals surface area contributed by atoms with Crippen molar-refractivity contribution in [3.8, 4) is 0 Å². The molecule has 3 rings (SSSR count). The molecule has 1 aliphatic carbocycles. The van der Waals surface area contributed by atoms with Gasteiger partial charge in [0, 0.05) is 23.9 Å². The molecule has 1 saturated carbocycles. The van der Waals surface area contributed by atoms with E-state index >= 15 is 0 Å². The van der Waals surface area contributed by atoms with Crippen LogP contribution in [0.25, 0.3) is 0 Å². The average molecular weight is 316 g/mol. The van der Waals surface area contributed by atoms with Gasteiger partial charge in [0.15, 0.2) is 5.82 Å². The van der Waals surface area contributed by atoms with Crippen molar-refractivity contribution in [2.45, 2.75) is 58.5 Å². The quantitative estimate of drug-likeness (QED) is 0.906. The number of hydrogen-bond acceptors (Lipinski definition) is 4. The van der Waals surface area contributed by atoms with E-state index in [9.17, 15) is 4.79 Å². The lowest BCUT2D eigenvalue weighted by Gasteiger charge is -2.34. The fourth-order valence-corrected chi connectivity index (χ4v) is 3.39. The lowest BCUT2D eigenvalue weighted by molar-refractivity contribution is -0.127. The van der Waals surface area contributed by atoms with Crippen LogP contribution in [0, 0.1) is 18.8 Å². The molecule has 0 bridgehead atoms. The minimum absolute atomic E-state index is 0.00877. The summed E-state index contributed by atoms with van der Waals surface area (Å²) < 4.78 is 0. The van der Waals surface area contributed by atoms with Crippen molar-refractivity contribution in [1.82, 2.24) is 20.2 Å². The number of likely N-dealkylation sites (tertiary alicyclic amines) is 1. The summed E-state index contributed by atoms with van der Waals surface area (Å²) in [5.41, 5.74) is 0.958. The molecule has 1 N–H and O–H groups in total. The zero-order valence-corrected chi connectivity index (χ0v) is 14.5. The van der Waals surface area contributed by atoms with E-state index in [1.165, 1.54) is 0 Å². The first-order chi connectivity index (χ1) is 11.0. The molecular weight excluding hydrogens is 288 g/mol. The van der Waals surface area contributed by atoms with Crippen molar-refractivity contribution in [2.75, 3.05) is 13.1 Å². The molecule has 1 aliphatic heterocycles. The third-order valence-corrected chi connectivity index (χ3v) is 5.11. The summed E-state index contributed by atoms with van der Waals surface area (Å²) in [5, 5.41) is 3.25. The van der Waals surface area contributed by atoms with Gasteiger partial charge in [0.25, 0.3) is 0 Å². The summed E-state index contributed by atoms with van der Waals surface area (Å²) in [6.07, 6.45) is 6.02. The van der Waals surface area contributed by atoms with Gasteiger partial charge >= 0.3 is 0 Å². The van der Waals surface area contributed by atoms with E-state index in [2.05, 4.69) is 34.0 Å². The first-order valence-corrected chi connectivity index (χ1v) is 8.88. The Kier molecular flexibility index (Phi) is 4.95. The predicted octanol–water partition coefficient (Wildman–Crippen LogP) is 2.47. The first kappa shape index (κ1) is 16.4. The number of amides is 1. The topological polar surface area (TPSA) is 58.1 Å². The predicted molar refractivity (Wildman–Crippen MR) is 89.8 cm³/mol. The molecule has 5 nitrogen and oxygen atoms in total. The standard InChI is InChI=1S/C18H28N4O/c1-12(2)22-10-7-15(8-11-22)18(23)21-16(14-4-5-14)17-19-9-6-13(3)20-17/h6,9,12,14-16H,4-5,7-8,10-11H2,1-3H3,(H,21,23). The van der Waals surface area contributed by atoms with E-state index in [0.29, 0.717) is 12.0 Å². The van der Waals surface area contributed by atoms with Crippen molar-refractivity contribution >= 4 is 5.91 Å². The van der Waals surface area contributed by atoms with E-state index in [0.717, 1.165) is 50.3 Å². The normalized spacial score (nSPS) is 21.4. The zero-order chi connectivity index (χ0) is 16.4. The summed E-state index contributed by atoms with van der Waals surface area (Å²) in [7, 11) is 0. The highest BCUT2D eigenvalue weighted by atomic mass is 16.2. The Hall–Kier alpha value is -1.49. The Bertz CT molecular complexity index is 548. The molecule has 1 aromatic rings. The van der Waals surface area contributed by atoms with E-state index in [4.69, 9.17) is 0 Å². The van der Waals surface area contributed by atoms with Gasteiger partial charge in [-0.2, -0.15) is 0 Å². The number of piperidine rings is 1. The molecule has 2 heterocycles. The number of hydrogen-bond donors (Lipinski definition) is 1. The van der Waals surface area contributed by atoms with Gasteiger partial charge < -0.3 is 10.2 Å².